The van der Waals surface area contributed by atoms with Crippen molar-refractivity contribution in [3.8, 4) is 0 Å². The van der Waals surface area contributed by atoms with Gasteiger partial charge in [0.2, 0.25) is 5.56 Å². The Morgan fingerprint density at radius 1 is 1.30 bits per heavy atom. The molecular weight excluding hydrogens is 296 g/mol. The first-order valence-electron chi connectivity index (χ1n) is 7.48. The summed E-state index contributed by atoms with van der Waals surface area (Å²) in [7, 11) is 1.28. The minimum atomic E-state index is -0.754. The summed E-state index contributed by atoms with van der Waals surface area (Å²) in [5.74, 6) is -1.05. The van der Waals surface area contributed by atoms with Gasteiger partial charge in [0.25, 0.3) is 5.91 Å². The summed E-state index contributed by atoms with van der Waals surface area (Å²) in [6.45, 7) is 3.78. The van der Waals surface area contributed by atoms with Gasteiger partial charge in [-0.25, -0.2) is 4.79 Å². The van der Waals surface area contributed by atoms with Crippen LogP contribution in [0.15, 0.2) is 35.1 Å². The molecule has 0 unspecified atom stereocenters. The van der Waals surface area contributed by atoms with Crippen molar-refractivity contribution in [1.29, 1.82) is 0 Å². The second kappa shape index (κ2) is 7.09. The number of hydrogen-bond acceptors (Lipinski definition) is 4. The minimum Gasteiger partial charge on any atom is -0.467 e. The number of ether oxygens (including phenoxy) is 1. The van der Waals surface area contributed by atoms with Crippen molar-refractivity contribution < 1.29 is 14.3 Å². The molecule has 2 rings (SSSR count). The molecule has 1 aromatic heterocycles. The van der Waals surface area contributed by atoms with Crippen LogP contribution >= 0.6 is 0 Å². The van der Waals surface area contributed by atoms with Crippen LogP contribution in [0.5, 0.6) is 0 Å². The van der Waals surface area contributed by atoms with Gasteiger partial charge < -0.3 is 15.0 Å². The number of para-hydroxylation sites is 1. The maximum absolute atomic E-state index is 12.6. The molecule has 1 amide bonds. The number of esters is 1. The lowest BCUT2D eigenvalue weighted by Crippen LogP contribution is -2.45. The predicted octanol–water partition coefficient (Wildman–Crippen LogP) is 1.85. The lowest BCUT2D eigenvalue weighted by atomic mass is 9.98. The molecule has 122 valence electrons. The number of rotatable bonds is 5. The van der Waals surface area contributed by atoms with Crippen molar-refractivity contribution in [2.24, 2.45) is 5.92 Å². The third kappa shape index (κ3) is 3.59. The number of aromatic amines is 1. The zero-order chi connectivity index (χ0) is 17.0. The monoisotopic (exact) mass is 316 g/mol. The Labute approximate surface area is 133 Å². The third-order valence-electron chi connectivity index (χ3n) is 3.95. The van der Waals surface area contributed by atoms with E-state index in [1.165, 1.54) is 13.2 Å². The average molecular weight is 316 g/mol. The van der Waals surface area contributed by atoms with Gasteiger partial charge in [0, 0.05) is 17.0 Å². The number of nitrogens with one attached hydrogen (secondary N) is 2. The van der Waals surface area contributed by atoms with Gasteiger partial charge in [0.15, 0.2) is 0 Å². The molecule has 0 saturated carbocycles. The number of carbonyl (C=O) groups excluding carboxylic acids is 2. The molecule has 0 aliphatic heterocycles. The highest BCUT2D eigenvalue weighted by atomic mass is 16.5. The smallest absolute Gasteiger partial charge is 0.328 e. The molecule has 1 aromatic carbocycles. The number of pyridine rings is 1. The summed E-state index contributed by atoms with van der Waals surface area (Å²) >= 11 is 0. The highest BCUT2D eigenvalue weighted by molar-refractivity contribution is 6.07. The van der Waals surface area contributed by atoms with Gasteiger partial charge >= 0.3 is 5.97 Å². The zero-order valence-corrected chi connectivity index (χ0v) is 13.4. The van der Waals surface area contributed by atoms with E-state index in [9.17, 15) is 14.4 Å². The summed E-state index contributed by atoms with van der Waals surface area (Å²) in [6, 6.07) is 7.51. The van der Waals surface area contributed by atoms with Crippen molar-refractivity contribution in [2.75, 3.05) is 7.11 Å². The second-order valence-electron chi connectivity index (χ2n) is 5.45. The summed E-state index contributed by atoms with van der Waals surface area (Å²) in [5, 5.41) is 3.31. The fraction of sp³-hybridized carbons (Fsp3) is 0.353. The summed E-state index contributed by atoms with van der Waals surface area (Å²) in [6.07, 6.45) is 0.705. The molecule has 0 aliphatic carbocycles. The minimum absolute atomic E-state index is 0.0836. The van der Waals surface area contributed by atoms with Crippen LogP contribution in [0.3, 0.4) is 0 Å². The standard InChI is InChI=1S/C17H20N2O4/c1-4-10(2)15(17(22)23-3)19-16(21)12-9-14(20)18-13-8-6-5-7-11(12)13/h5-10,15H,4H2,1-3H3,(H,18,20)(H,19,21)/t10-,15-/m0/s1. The Bertz CT molecular complexity index is 782. The van der Waals surface area contributed by atoms with E-state index in [1.807, 2.05) is 13.8 Å². The molecule has 0 aliphatic rings. The lowest BCUT2D eigenvalue weighted by Gasteiger charge is -2.22. The molecule has 0 saturated heterocycles. The number of hydrogen-bond donors (Lipinski definition) is 2. The van der Waals surface area contributed by atoms with Crippen LogP contribution in [0.25, 0.3) is 10.9 Å². The normalized spacial score (nSPS) is 13.3. The number of amides is 1. The van der Waals surface area contributed by atoms with E-state index in [-0.39, 0.29) is 17.0 Å². The topological polar surface area (TPSA) is 88.3 Å². The van der Waals surface area contributed by atoms with Gasteiger partial charge in [-0.3, -0.25) is 9.59 Å². The Kier molecular flexibility index (Phi) is 5.16. The third-order valence-corrected chi connectivity index (χ3v) is 3.95. The van der Waals surface area contributed by atoms with E-state index in [0.29, 0.717) is 17.3 Å². The Balaban J connectivity index is 2.40. The van der Waals surface area contributed by atoms with Crippen LogP contribution in [0, 0.1) is 5.92 Å². The molecule has 1 heterocycles. The number of fused-ring (bicyclic) bond motifs is 1. The van der Waals surface area contributed by atoms with Crippen LogP contribution in [0.2, 0.25) is 0 Å². The highest BCUT2D eigenvalue weighted by Crippen LogP contribution is 2.16. The Morgan fingerprint density at radius 3 is 2.65 bits per heavy atom. The van der Waals surface area contributed by atoms with E-state index < -0.39 is 17.9 Å². The van der Waals surface area contributed by atoms with Gasteiger partial charge in [-0.05, 0) is 12.0 Å². The number of H-pyrrole nitrogens is 1. The van der Waals surface area contributed by atoms with Crippen molar-refractivity contribution in [3.63, 3.8) is 0 Å². The quantitative estimate of drug-likeness (QED) is 0.824. The molecule has 0 fully saturated rings. The van der Waals surface area contributed by atoms with Gasteiger partial charge in [-0.2, -0.15) is 0 Å². The number of benzene rings is 1. The molecule has 0 spiro atoms. The largest absolute Gasteiger partial charge is 0.467 e. The SMILES string of the molecule is CC[C@H](C)[C@H](NC(=O)c1cc(=O)[nH]c2ccccc12)C(=O)OC. The maximum Gasteiger partial charge on any atom is 0.328 e. The molecule has 2 aromatic rings. The van der Waals surface area contributed by atoms with Gasteiger partial charge in [-0.15, -0.1) is 0 Å². The van der Waals surface area contributed by atoms with Gasteiger partial charge in [-0.1, -0.05) is 38.5 Å². The van der Waals surface area contributed by atoms with Crippen LogP contribution < -0.4 is 10.9 Å². The van der Waals surface area contributed by atoms with E-state index in [0.717, 1.165) is 0 Å². The Morgan fingerprint density at radius 2 is 2.00 bits per heavy atom. The van der Waals surface area contributed by atoms with Crippen molar-refractivity contribution in [1.82, 2.24) is 10.3 Å². The van der Waals surface area contributed by atoms with Crippen LogP contribution in [0.4, 0.5) is 0 Å². The molecule has 23 heavy (non-hydrogen) atoms. The molecule has 0 radical (unpaired) electrons. The van der Waals surface area contributed by atoms with Gasteiger partial charge in [0.05, 0.1) is 12.7 Å². The number of aromatic nitrogens is 1. The Hall–Kier alpha value is -2.63. The van der Waals surface area contributed by atoms with E-state index in [2.05, 4.69) is 10.3 Å². The first kappa shape index (κ1) is 16.7. The fourth-order valence-corrected chi connectivity index (χ4v) is 2.41. The molecule has 2 N–H and O–H groups in total. The van der Waals surface area contributed by atoms with Crippen LogP contribution in [-0.2, 0) is 9.53 Å². The first-order chi connectivity index (χ1) is 11.0. The first-order valence-corrected chi connectivity index (χ1v) is 7.48. The van der Waals surface area contributed by atoms with E-state index >= 15 is 0 Å². The number of carbonyl (C=O) groups is 2. The van der Waals surface area contributed by atoms with Crippen molar-refractivity contribution in [3.05, 3.63) is 46.2 Å². The summed E-state index contributed by atoms with van der Waals surface area (Å²) in [5.41, 5.74) is 0.442. The van der Waals surface area contributed by atoms with Crippen LogP contribution in [-0.4, -0.2) is 30.0 Å². The fourth-order valence-electron chi connectivity index (χ4n) is 2.41. The van der Waals surface area contributed by atoms with Gasteiger partial charge in [0.1, 0.15) is 6.04 Å². The number of methoxy groups -OCH3 is 1. The predicted molar refractivity (Wildman–Crippen MR) is 87.3 cm³/mol. The van der Waals surface area contributed by atoms with Crippen molar-refractivity contribution >= 4 is 22.8 Å². The second-order valence-corrected chi connectivity index (χ2v) is 5.45. The summed E-state index contributed by atoms with van der Waals surface area (Å²) in [4.78, 5) is 38.9. The zero-order valence-electron chi connectivity index (χ0n) is 13.4. The molecule has 6 heteroatoms. The van der Waals surface area contributed by atoms with Crippen molar-refractivity contribution in [2.45, 2.75) is 26.3 Å². The average Bonchev–Trinajstić information content (AvgIpc) is 2.57. The van der Waals surface area contributed by atoms with E-state index in [1.54, 1.807) is 24.3 Å². The molecule has 6 nitrogen and oxygen atoms in total. The van der Waals surface area contributed by atoms with E-state index in [4.69, 9.17) is 4.74 Å². The molecule has 2 atom stereocenters. The summed E-state index contributed by atoms with van der Waals surface area (Å²) < 4.78 is 4.76. The van der Waals surface area contributed by atoms with Crippen LogP contribution in [0.1, 0.15) is 30.6 Å². The lowest BCUT2D eigenvalue weighted by molar-refractivity contribution is -0.144. The maximum atomic E-state index is 12.6. The molecular formula is C17H20N2O4. The molecule has 0 bridgehead atoms. The highest BCUT2D eigenvalue weighted by Gasteiger charge is 2.27.